The molecule has 2 N–H and O–H groups in total. The van der Waals surface area contributed by atoms with Crippen molar-refractivity contribution < 1.29 is 15.0 Å². The van der Waals surface area contributed by atoms with Gasteiger partial charge in [0.05, 0.1) is 16.8 Å². The molecule has 1 heterocycles. The second kappa shape index (κ2) is 6.38. The highest BCUT2D eigenvalue weighted by Crippen LogP contribution is 2.23. The number of hydrogen-bond acceptors (Lipinski definition) is 5. The Morgan fingerprint density at radius 2 is 2.04 bits per heavy atom. The molecule has 0 unspecified atom stereocenters. The number of benzene rings is 1. The smallest absolute Gasteiger partial charge is 0.335 e. The minimum atomic E-state index is -1.07. The normalized spacial score (nSPS) is 10.8. The number of hydrogen-bond donors (Lipinski definition) is 2. The molecule has 0 spiro atoms. The van der Waals surface area contributed by atoms with Crippen molar-refractivity contribution in [3.05, 3.63) is 56.4 Å². The van der Waals surface area contributed by atoms with Crippen LogP contribution in [-0.2, 0) is 7.05 Å². The number of aromatic nitrogens is 1. The van der Waals surface area contributed by atoms with Gasteiger partial charge in [-0.15, -0.1) is 0 Å². The van der Waals surface area contributed by atoms with Gasteiger partial charge in [0.15, 0.2) is 0 Å². The Kier molecular flexibility index (Phi) is 4.51. The summed E-state index contributed by atoms with van der Waals surface area (Å²) in [6.45, 7) is 3.31. The van der Waals surface area contributed by atoms with E-state index in [4.69, 9.17) is 10.4 Å². The summed E-state index contributed by atoms with van der Waals surface area (Å²) in [7, 11) is 1.35. The largest absolute Gasteiger partial charge is 0.494 e. The van der Waals surface area contributed by atoms with Crippen LogP contribution in [-0.4, -0.2) is 27.0 Å². The third-order valence-corrected chi connectivity index (χ3v) is 3.76. The van der Waals surface area contributed by atoms with Gasteiger partial charge in [0, 0.05) is 13.3 Å². The molecule has 24 heavy (non-hydrogen) atoms. The lowest BCUT2D eigenvalue weighted by atomic mass is 10.1. The molecule has 0 saturated carbocycles. The first kappa shape index (κ1) is 17.0. The first-order valence-electron chi connectivity index (χ1n) is 6.98. The van der Waals surface area contributed by atoms with E-state index in [0.717, 1.165) is 10.1 Å². The monoisotopic (exact) mass is 325 g/mol. The van der Waals surface area contributed by atoms with Crippen molar-refractivity contribution in [1.29, 1.82) is 5.26 Å². The SMILES string of the molecule is Cc1ccc(C(=O)O)cc1N=Cc1c(C)c(C#N)c(=O)n(C)c1O. The summed E-state index contributed by atoms with van der Waals surface area (Å²) in [6.07, 6.45) is 1.32. The van der Waals surface area contributed by atoms with Gasteiger partial charge in [0.1, 0.15) is 11.6 Å². The van der Waals surface area contributed by atoms with E-state index in [-0.39, 0.29) is 22.6 Å². The average molecular weight is 325 g/mol. The molecule has 7 heteroatoms. The summed E-state index contributed by atoms with van der Waals surface area (Å²) in [6, 6.07) is 6.33. The van der Waals surface area contributed by atoms with Crippen LogP contribution in [0.2, 0.25) is 0 Å². The molecule has 122 valence electrons. The Morgan fingerprint density at radius 3 is 2.62 bits per heavy atom. The number of nitriles is 1. The van der Waals surface area contributed by atoms with Crippen LogP contribution in [0.15, 0.2) is 28.0 Å². The summed E-state index contributed by atoms with van der Waals surface area (Å²) in [5.74, 6) is -1.38. The quantitative estimate of drug-likeness (QED) is 0.838. The Hall–Kier alpha value is -3.40. The van der Waals surface area contributed by atoms with Crippen molar-refractivity contribution in [3.8, 4) is 11.9 Å². The highest BCUT2D eigenvalue weighted by molar-refractivity contribution is 5.91. The maximum atomic E-state index is 11.9. The zero-order valence-electron chi connectivity index (χ0n) is 13.4. The molecule has 0 fully saturated rings. The summed E-state index contributed by atoms with van der Waals surface area (Å²) in [4.78, 5) is 27.2. The first-order valence-corrected chi connectivity index (χ1v) is 6.98. The Bertz CT molecular complexity index is 965. The zero-order chi connectivity index (χ0) is 18.0. The summed E-state index contributed by atoms with van der Waals surface area (Å²) in [5.41, 5.74) is 1.13. The van der Waals surface area contributed by atoms with Gasteiger partial charge in [-0.2, -0.15) is 5.26 Å². The van der Waals surface area contributed by atoms with E-state index >= 15 is 0 Å². The molecular weight excluding hydrogens is 310 g/mol. The zero-order valence-corrected chi connectivity index (χ0v) is 13.4. The third-order valence-electron chi connectivity index (χ3n) is 3.76. The van der Waals surface area contributed by atoms with Crippen molar-refractivity contribution in [1.82, 2.24) is 4.57 Å². The van der Waals surface area contributed by atoms with Crippen LogP contribution in [0.1, 0.15) is 32.6 Å². The van der Waals surface area contributed by atoms with Crippen LogP contribution in [0, 0.1) is 25.2 Å². The molecule has 1 aromatic heterocycles. The number of nitrogens with zero attached hydrogens (tertiary/aromatic N) is 3. The van der Waals surface area contributed by atoms with Gasteiger partial charge in [-0.25, -0.2) is 4.79 Å². The topological polar surface area (TPSA) is 116 Å². The molecule has 1 aromatic carbocycles. The van der Waals surface area contributed by atoms with E-state index in [1.165, 1.54) is 25.4 Å². The Morgan fingerprint density at radius 1 is 1.38 bits per heavy atom. The molecule has 2 aromatic rings. The number of aromatic hydroxyl groups is 1. The van der Waals surface area contributed by atoms with Crippen molar-refractivity contribution in [2.24, 2.45) is 12.0 Å². The average Bonchev–Trinajstić information content (AvgIpc) is 2.54. The number of carboxylic acid groups (broad SMARTS) is 1. The number of pyridine rings is 1. The lowest BCUT2D eigenvalue weighted by Crippen LogP contribution is -2.22. The first-order chi connectivity index (χ1) is 11.3. The molecule has 0 atom stereocenters. The fraction of sp³-hybridized carbons (Fsp3) is 0.176. The molecule has 0 saturated heterocycles. The molecule has 0 amide bonds. The van der Waals surface area contributed by atoms with Crippen molar-refractivity contribution >= 4 is 17.9 Å². The maximum absolute atomic E-state index is 11.9. The minimum Gasteiger partial charge on any atom is -0.494 e. The van der Waals surface area contributed by atoms with E-state index in [2.05, 4.69) is 4.99 Å². The molecule has 0 aliphatic carbocycles. The Balaban J connectivity index is 2.61. The standard InChI is InChI=1S/C17H15N3O4/c1-9-4-5-11(17(23)24)6-14(9)19-8-13-10(2)12(7-18)15(21)20(3)16(13)22/h4-6,8,22H,1-3H3,(H,23,24). The molecule has 0 aliphatic heterocycles. The number of carboxylic acids is 1. The predicted octanol–water partition coefficient (Wildman–Crippen LogP) is 2.03. The lowest BCUT2D eigenvalue weighted by Gasteiger charge is -2.10. The van der Waals surface area contributed by atoms with E-state index in [9.17, 15) is 14.7 Å². The second-order valence-corrected chi connectivity index (χ2v) is 5.28. The maximum Gasteiger partial charge on any atom is 0.335 e. The number of aliphatic imine (C=N–C) groups is 1. The third kappa shape index (κ3) is 2.90. The van der Waals surface area contributed by atoms with E-state index in [1.54, 1.807) is 19.9 Å². The van der Waals surface area contributed by atoms with Crippen LogP contribution in [0.3, 0.4) is 0 Å². The molecule has 0 aliphatic rings. The molecular formula is C17H15N3O4. The van der Waals surface area contributed by atoms with Gasteiger partial charge in [-0.3, -0.25) is 14.4 Å². The van der Waals surface area contributed by atoms with Gasteiger partial charge < -0.3 is 10.2 Å². The van der Waals surface area contributed by atoms with Crippen molar-refractivity contribution in [2.75, 3.05) is 0 Å². The Labute approximate surface area is 137 Å². The van der Waals surface area contributed by atoms with E-state index in [1.807, 2.05) is 6.07 Å². The van der Waals surface area contributed by atoms with Crippen LogP contribution in [0.25, 0.3) is 0 Å². The molecule has 2 rings (SSSR count). The van der Waals surface area contributed by atoms with Gasteiger partial charge in [-0.1, -0.05) is 6.07 Å². The molecule has 0 radical (unpaired) electrons. The number of carbonyl (C=O) groups is 1. The van der Waals surface area contributed by atoms with E-state index < -0.39 is 11.5 Å². The highest BCUT2D eigenvalue weighted by Gasteiger charge is 2.15. The van der Waals surface area contributed by atoms with E-state index in [0.29, 0.717) is 11.3 Å². The van der Waals surface area contributed by atoms with Gasteiger partial charge >= 0.3 is 5.97 Å². The van der Waals surface area contributed by atoms with Crippen LogP contribution in [0.4, 0.5) is 5.69 Å². The number of aromatic carboxylic acids is 1. The number of aryl methyl sites for hydroxylation is 1. The minimum absolute atomic E-state index is 0.0761. The highest BCUT2D eigenvalue weighted by atomic mass is 16.4. The van der Waals surface area contributed by atoms with Gasteiger partial charge in [0.2, 0.25) is 5.88 Å². The fourth-order valence-corrected chi connectivity index (χ4v) is 2.21. The summed E-state index contributed by atoms with van der Waals surface area (Å²) in [5, 5.41) is 28.3. The lowest BCUT2D eigenvalue weighted by molar-refractivity contribution is 0.0697. The predicted molar refractivity (Wildman–Crippen MR) is 88.2 cm³/mol. The van der Waals surface area contributed by atoms with Crippen molar-refractivity contribution in [3.63, 3.8) is 0 Å². The van der Waals surface area contributed by atoms with Gasteiger partial charge in [0.25, 0.3) is 5.56 Å². The molecule has 7 nitrogen and oxygen atoms in total. The fourth-order valence-electron chi connectivity index (χ4n) is 2.21. The van der Waals surface area contributed by atoms with Crippen LogP contribution < -0.4 is 5.56 Å². The number of rotatable bonds is 3. The summed E-state index contributed by atoms with van der Waals surface area (Å²) >= 11 is 0. The van der Waals surface area contributed by atoms with Crippen molar-refractivity contribution in [2.45, 2.75) is 13.8 Å². The van der Waals surface area contributed by atoms with Crippen LogP contribution in [0.5, 0.6) is 5.88 Å². The summed E-state index contributed by atoms with van der Waals surface area (Å²) < 4.78 is 0.966. The van der Waals surface area contributed by atoms with Gasteiger partial charge in [-0.05, 0) is 37.1 Å². The molecule has 0 bridgehead atoms. The second-order valence-electron chi connectivity index (χ2n) is 5.28. The van der Waals surface area contributed by atoms with Crippen LogP contribution >= 0.6 is 0 Å².